The van der Waals surface area contributed by atoms with Crippen molar-refractivity contribution in [3.63, 3.8) is 0 Å². The molecule has 4 aliphatic carbocycles. The second kappa shape index (κ2) is 6.41. The minimum absolute atomic E-state index is 0.102. The summed E-state index contributed by atoms with van der Waals surface area (Å²) in [5.41, 5.74) is -6.09. The Bertz CT molecular complexity index is 731. The molecule has 0 aromatic rings. The van der Waals surface area contributed by atoms with E-state index in [-0.39, 0.29) is 43.5 Å². The summed E-state index contributed by atoms with van der Waals surface area (Å²) in [6.45, 7) is 8.61. The lowest BCUT2D eigenvalue weighted by molar-refractivity contribution is -0.202. The average Bonchev–Trinajstić information content (AvgIpc) is 2.87. The molecule has 0 aromatic carbocycles. The predicted octanol–water partition coefficient (Wildman–Crippen LogP) is 1.13. The fraction of sp³-hybridized carbons (Fsp3) is 0.957. The zero-order chi connectivity index (χ0) is 22.5. The van der Waals surface area contributed by atoms with Gasteiger partial charge in [0.15, 0.2) is 0 Å². The second-order valence-electron chi connectivity index (χ2n) is 11.6. The van der Waals surface area contributed by atoms with Gasteiger partial charge in [-0.1, -0.05) is 20.8 Å². The Morgan fingerprint density at radius 1 is 1.00 bits per heavy atom. The van der Waals surface area contributed by atoms with E-state index in [9.17, 15) is 30.3 Å². The van der Waals surface area contributed by atoms with Crippen LogP contribution in [0, 0.1) is 28.6 Å². The van der Waals surface area contributed by atoms with Crippen molar-refractivity contribution in [2.24, 2.45) is 28.6 Å². The van der Waals surface area contributed by atoms with E-state index >= 15 is 0 Å². The van der Waals surface area contributed by atoms with Gasteiger partial charge in [0.05, 0.1) is 23.4 Å². The van der Waals surface area contributed by atoms with Crippen LogP contribution in [0.25, 0.3) is 0 Å². The molecule has 7 heteroatoms. The third kappa shape index (κ3) is 2.53. The molecule has 4 fully saturated rings. The highest BCUT2D eigenvalue weighted by molar-refractivity contribution is 5.69. The van der Waals surface area contributed by atoms with E-state index in [2.05, 4.69) is 0 Å². The van der Waals surface area contributed by atoms with Crippen LogP contribution in [0.3, 0.4) is 0 Å². The van der Waals surface area contributed by atoms with Gasteiger partial charge in [0.1, 0.15) is 11.7 Å². The lowest BCUT2D eigenvalue weighted by Crippen LogP contribution is -2.60. The van der Waals surface area contributed by atoms with Crippen molar-refractivity contribution < 1.29 is 35.1 Å². The summed E-state index contributed by atoms with van der Waals surface area (Å²) in [4.78, 5) is 12.3. The Hall–Kier alpha value is -0.730. The first-order valence-electron chi connectivity index (χ1n) is 11.4. The molecule has 4 saturated carbocycles. The maximum atomic E-state index is 12.3. The largest absolute Gasteiger partial charge is 0.461 e. The first-order valence-corrected chi connectivity index (χ1v) is 11.4. The fourth-order valence-corrected chi connectivity index (χ4v) is 8.19. The predicted molar refractivity (Wildman–Crippen MR) is 108 cm³/mol. The quantitative estimate of drug-likeness (QED) is 0.419. The number of aliphatic hydroxyl groups excluding tert-OH is 2. The highest BCUT2D eigenvalue weighted by Crippen LogP contribution is 2.70. The molecule has 172 valence electrons. The summed E-state index contributed by atoms with van der Waals surface area (Å²) in [6.07, 6.45) is -0.762. The van der Waals surface area contributed by atoms with Crippen LogP contribution in [0.4, 0.5) is 0 Å². The van der Waals surface area contributed by atoms with Crippen molar-refractivity contribution in [2.75, 3.05) is 0 Å². The van der Waals surface area contributed by atoms with Crippen LogP contribution in [-0.2, 0) is 9.53 Å². The number of ether oxygens (including phenoxy) is 1. The second-order valence-corrected chi connectivity index (χ2v) is 11.6. The number of hydrogen-bond donors (Lipinski definition) is 5. The van der Waals surface area contributed by atoms with Gasteiger partial charge < -0.3 is 30.3 Å². The van der Waals surface area contributed by atoms with Crippen LogP contribution >= 0.6 is 0 Å². The normalized spacial score (nSPS) is 56.7. The van der Waals surface area contributed by atoms with Crippen molar-refractivity contribution in [3.05, 3.63) is 0 Å². The molecule has 1 unspecified atom stereocenters. The third-order valence-electron chi connectivity index (χ3n) is 9.77. The van der Waals surface area contributed by atoms with Crippen LogP contribution in [0.15, 0.2) is 0 Å². The van der Waals surface area contributed by atoms with Crippen LogP contribution < -0.4 is 0 Å². The molecule has 4 rings (SSSR count). The summed E-state index contributed by atoms with van der Waals surface area (Å²) < 4.78 is 5.90. The fourth-order valence-electron chi connectivity index (χ4n) is 8.19. The summed E-state index contributed by atoms with van der Waals surface area (Å²) in [5.74, 6) is -1.77. The van der Waals surface area contributed by atoms with Gasteiger partial charge in [-0.3, -0.25) is 4.79 Å². The van der Waals surface area contributed by atoms with Crippen LogP contribution in [0.1, 0.15) is 73.1 Å². The van der Waals surface area contributed by atoms with Gasteiger partial charge in [-0.25, -0.2) is 0 Å². The number of aliphatic hydroxyl groups is 5. The van der Waals surface area contributed by atoms with E-state index in [1.165, 1.54) is 0 Å². The van der Waals surface area contributed by atoms with Crippen molar-refractivity contribution >= 4 is 5.97 Å². The summed E-state index contributed by atoms with van der Waals surface area (Å²) in [7, 11) is 0. The topological polar surface area (TPSA) is 127 Å². The van der Waals surface area contributed by atoms with Gasteiger partial charge in [-0.15, -0.1) is 0 Å². The molecule has 0 heterocycles. The van der Waals surface area contributed by atoms with Crippen molar-refractivity contribution in [1.82, 2.24) is 0 Å². The zero-order valence-corrected chi connectivity index (χ0v) is 18.8. The van der Waals surface area contributed by atoms with E-state index in [4.69, 9.17) is 4.74 Å². The number of hydrogen-bond acceptors (Lipinski definition) is 7. The van der Waals surface area contributed by atoms with Gasteiger partial charge >= 0.3 is 5.97 Å². The Morgan fingerprint density at radius 3 is 2.23 bits per heavy atom. The van der Waals surface area contributed by atoms with Crippen LogP contribution in [-0.4, -0.2) is 66.6 Å². The number of esters is 1. The van der Waals surface area contributed by atoms with Gasteiger partial charge in [0.2, 0.25) is 0 Å². The minimum atomic E-state index is -1.70. The zero-order valence-electron chi connectivity index (χ0n) is 18.8. The molecule has 10 atom stereocenters. The smallest absolute Gasteiger partial charge is 0.305 e. The monoisotopic (exact) mass is 426 g/mol. The third-order valence-corrected chi connectivity index (χ3v) is 9.77. The highest BCUT2D eigenvalue weighted by atomic mass is 16.5. The molecule has 0 radical (unpaired) electrons. The minimum Gasteiger partial charge on any atom is -0.461 e. The summed E-state index contributed by atoms with van der Waals surface area (Å²) >= 11 is 0. The number of carbonyl (C=O) groups excluding carboxylic acids is 1. The van der Waals surface area contributed by atoms with Crippen molar-refractivity contribution in [2.45, 2.75) is 108 Å². The molecule has 5 N–H and O–H groups in total. The molecule has 2 bridgehead atoms. The molecule has 0 aromatic heterocycles. The Kier molecular flexibility index (Phi) is 4.80. The maximum absolute atomic E-state index is 12.3. The van der Waals surface area contributed by atoms with Gasteiger partial charge in [0.25, 0.3) is 0 Å². The number of fused-ring (bicyclic) bond motifs is 2. The molecule has 1 spiro atoms. The molecule has 0 saturated heterocycles. The van der Waals surface area contributed by atoms with E-state index in [0.717, 1.165) is 0 Å². The lowest BCUT2D eigenvalue weighted by atomic mass is 9.57. The van der Waals surface area contributed by atoms with E-state index < -0.39 is 51.9 Å². The van der Waals surface area contributed by atoms with E-state index in [0.29, 0.717) is 12.8 Å². The summed E-state index contributed by atoms with van der Waals surface area (Å²) in [6, 6.07) is 0. The standard InChI is InChI=1S/C23H38O7/c1-6-17(26)30-18-12-7-8-13-21(5,28)14-9-15(24)19(2,3)23(14,29)16(25)10-22(13,18)11-20(12,4)27/h12-16,18,24-25,27-29H,6-11H2,1-5H3/t12-,13+,14+,15+,16+,18?,20-,21-,22+,23+/m1/s1. The van der Waals surface area contributed by atoms with Crippen LogP contribution in [0.5, 0.6) is 0 Å². The molecule has 30 heavy (non-hydrogen) atoms. The molecule has 7 nitrogen and oxygen atoms in total. The number of carbonyl (C=O) groups is 1. The first kappa shape index (κ1) is 22.5. The molecular weight excluding hydrogens is 388 g/mol. The van der Waals surface area contributed by atoms with Gasteiger partial charge in [-0.05, 0) is 51.9 Å². The molecule has 0 aliphatic heterocycles. The molecule has 0 amide bonds. The Labute approximate surface area is 178 Å². The van der Waals surface area contributed by atoms with Gasteiger partial charge in [-0.2, -0.15) is 0 Å². The van der Waals surface area contributed by atoms with Crippen molar-refractivity contribution in [1.29, 1.82) is 0 Å². The highest BCUT2D eigenvalue weighted by Gasteiger charge is 2.77. The molecule has 4 aliphatic rings. The Morgan fingerprint density at radius 2 is 1.63 bits per heavy atom. The molecular formula is C23H38O7. The average molecular weight is 427 g/mol. The maximum Gasteiger partial charge on any atom is 0.305 e. The van der Waals surface area contributed by atoms with E-state index in [1.54, 1.807) is 34.6 Å². The van der Waals surface area contributed by atoms with Crippen LogP contribution in [0.2, 0.25) is 0 Å². The first-order chi connectivity index (χ1) is 13.7. The lowest BCUT2D eigenvalue weighted by Gasteiger charge is -2.52. The summed E-state index contributed by atoms with van der Waals surface area (Å²) in [5, 5.41) is 57.2. The SMILES string of the molecule is CCC(=O)OC1[C@H]2CC[C@@H]3[C@]1(C[C@H](O)[C@@]1(O)[C@@H](C[C@H](O)C1(C)C)[C@]3(C)O)C[C@@]2(C)O. The number of rotatable bonds is 2. The van der Waals surface area contributed by atoms with Crippen molar-refractivity contribution in [3.8, 4) is 0 Å². The van der Waals surface area contributed by atoms with Gasteiger partial charge in [0, 0.05) is 29.1 Å². The Balaban J connectivity index is 1.88. The van der Waals surface area contributed by atoms with E-state index in [1.807, 2.05) is 0 Å².